The van der Waals surface area contributed by atoms with Gasteiger partial charge in [-0.25, -0.2) is 4.79 Å². The van der Waals surface area contributed by atoms with Crippen molar-refractivity contribution in [2.45, 2.75) is 39.0 Å². The van der Waals surface area contributed by atoms with Crippen LogP contribution in [0.2, 0.25) is 5.02 Å². The zero-order chi connectivity index (χ0) is 13.7. The van der Waals surface area contributed by atoms with E-state index < -0.39 is 18.3 Å². The molecule has 1 rings (SSSR count). The average molecular weight is 272 g/mol. The fourth-order valence-electron chi connectivity index (χ4n) is 1.47. The van der Waals surface area contributed by atoms with Gasteiger partial charge in [-0.3, -0.25) is 0 Å². The second-order valence-electron chi connectivity index (χ2n) is 4.38. The van der Waals surface area contributed by atoms with Crippen molar-refractivity contribution < 1.29 is 14.6 Å². The van der Waals surface area contributed by atoms with Gasteiger partial charge in [-0.05, 0) is 26.8 Å². The number of carbonyl (C=O) groups excluding carboxylic acids is 1. The van der Waals surface area contributed by atoms with Crippen molar-refractivity contribution in [2.24, 2.45) is 0 Å². The largest absolute Gasteiger partial charge is 0.443 e. The summed E-state index contributed by atoms with van der Waals surface area (Å²) in [4.78, 5) is 11.4. The van der Waals surface area contributed by atoms with Crippen LogP contribution in [0.15, 0.2) is 24.3 Å². The Labute approximate surface area is 112 Å². The summed E-state index contributed by atoms with van der Waals surface area (Å²) in [5.41, 5.74) is 0.545. The minimum atomic E-state index is -0.948. The summed E-state index contributed by atoms with van der Waals surface area (Å²) in [7, 11) is 0. The van der Waals surface area contributed by atoms with Crippen molar-refractivity contribution in [3.05, 3.63) is 34.9 Å². The summed E-state index contributed by atoms with van der Waals surface area (Å²) < 4.78 is 5.07. The van der Waals surface area contributed by atoms with Gasteiger partial charge in [0.15, 0.2) is 0 Å². The van der Waals surface area contributed by atoms with Gasteiger partial charge in [-0.2, -0.15) is 0 Å². The Balaban J connectivity index is 2.64. The van der Waals surface area contributed by atoms with Gasteiger partial charge >= 0.3 is 6.09 Å². The van der Waals surface area contributed by atoms with Crippen molar-refractivity contribution >= 4 is 17.7 Å². The molecule has 18 heavy (non-hydrogen) atoms. The van der Waals surface area contributed by atoms with E-state index in [4.69, 9.17) is 16.3 Å². The van der Waals surface area contributed by atoms with E-state index in [0.29, 0.717) is 10.6 Å². The number of hydrogen-bond acceptors (Lipinski definition) is 3. The van der Waals surface area contributed by atoms with E-state index in [1.54, 1.807) is 31.2 Å². The van der Waals surface area contributed by atoms with E-state index in [2.05, 4.69) is 5.32 Å². The van der Waals surface area contributed by atoms with Crippen LogP contribution in [-0.2, 0) is 4.74 Å². The predicted molar refractivity (Wildman–Crippen MR) is 70.6 cm³/mol. The quantitative estimate of drug-likeness (QED) is 0.885. The van der Waals surface area contributed by atoms with E-state index in [9.17, 15) is 9.90 Å². The Morgan fingerprint density at radius 2 is 1.94 bits per heavy atom. The molecule has 0 heterocycles. The third kappa shape index (κ3) is 4.20. The predicted octanol–water partition coefficient (Wildman–Crippen LogP) is 2.90. The highest BCUT2D eigenvalue weighted by Gasteiger charge is 2.22. The zero-order valence-electron chi connectivity index (χ0n) is 10.7. The average Bonchev–Trinajstić information content (AvgIpc) is 2.27. The van der Waals surface area contributed by atoms with Crippen molar-refractivity contribution in [3.8, 4) is 0 Å². The first-order chi connectivity index (χ1) is 8.41. The number of halogens is 1. The third-order valence-electron chi connectivity index (χ3n) is 2.37. The maximum Gasteiger partial charge on any atom is 0.407 e. The van der Waals surface area contributed by atoms with Crippen LogP contribution in [0, 0.1) is 0 Å². The van der Waals surface area contributed by atoms with Crippen LogP contribution in [0.25, 0.3) is 0 Å². The molecule has 2 N–H and O–H groups in total. The number of aliphatic hydroxyl groups excluding tert-OH is 1. The van der Waals surface area contributed by atoms with Crippen LogP contribution in [-0.4, -0.2) is 23.3 Å². The molecule has 5 heteroatoms. The lowest BCUT2D eigenvalue weighted by atomic mass is 10.1. The Bertz CT molecular complexity index is 409. The van der Waals surface area contributed by atoms with Crippen molar-refractivity contribution in [1.29, 1.82) is 0 Å². The highest BCUT2D eigenvalue weighted by atomic mass is 35.5. The second-order valence-corrected chi connectivity index (χ2v) is 4.78. The number of nitrogens with one attached hydrogen (secondary N) is 1. The van der Waals surface area contributed by atoms with Crippen LogP contribution < -0.4 is 5.32 Å². The van der Waals surface area contributed by atoms with E-state index >= 15 is 0 Å². The van der Waals surface area contributed by atoms with Crippen molar-refractivity contribution in [2.75, 3.05) is 0 Å². The van der Waals surface area contributed by atoms with E-state index in [1.165, 1.54) is 0 Å². The first-order valence-corrected chi connectivity index (χ1v) is 6.19. The molecule has 0 spiro atoms. The molecule has 0 unspecified atom stereocenters. The summed E-state index contributed by atoms with van der Waals surface area (Å²) >= 11 is 5.97. The Morgan fingerprint density at radius 1 is 1.33 bits per heavy atom. The van der Waals surface area contributed by atoms with Gasteiger partial charge < -0.3 is 15.2 Å². The van der Waals surface area contributed by atoms with Gasteiger partial charge in [0.25, 0.3) is 0 Å². The van der Waals surface area contributed by atoms with Crippen molar-refractivity contribution in [1.82, 2.24) is 5.32 Å². The number of aliphatic hydroxyl groups is 1. The van der Waals surface area contributed by atoms with Crippen LogP contribution in [0.4, 0.5) is 4.79 Å². The smallest absolute Gasteiger partial charge is 0.407 e. The fourth-order valence-corrected chi connectivity index (χ4v) is 1.72. The summed E-state index contributed by atoms with van der Waals surface area (Å²) in [6, 6.07) is 6.91. The van der Waals surface area contributed by atoms with Gasteiger partial charge in [-0.1, -0.05) is 29.8 Å². The number of amides is 1. The van der Waals surface area contributed by atoms with E-state index in [-0.39, 0.29) is 6.04 Å². The topological polar surface area (TPSA) is 58.6 Å². The molecule has 2 atom stereocenters. The van der Waals surface area contributed by atoms with Gasteiger partial charge in [0.1, 0.15) is 12.2 Å². The SMILES string of the molecule is CC(C)NC(=O)O[C@@H](C)[C@@H](O)c1ccccc1Cl. The number of ether oxygens (including phenoxy) is 1. The molecule has 0 fully saturated rings. The zero-order valence-corrected chi connectivity index (χ0v) is 11.4. The maximum absolute atomic E-state index is 11.4. The lowest BCUT2D eigenvalue weighted by molar-refractivity contribution is 0.0112. The summed E-state index contributed by atoms with van der Waals surface area (Å²) in [5.74, 6) is 0. The van der Waals surface area contributed by atoms with Gasteiger partial charge in [0.05, 0.1) is 0 Å². The summed E-state index contributed by atoms with van der Waals surface area (Å²) in [5, 5.41) is 13.1. The van der Waals surface area contributed by atoms with Crippen LogP contribution >= 0.6 is 11.6 Å². The Morgan fingerprint density at radius 3 is 2.50 bits per heavy atom. The summed E-state index contributed by atoms with van der Waals surface area (Å²) in [6.07, 6.45) is -2.18. The first kappa shape index (κ1) is 14.8. The fraction of sp³-hybridized carbons (Fsp3) is 0.462. The van der Waals surface area contributed by atoms with Crippen LogP contribution in [0.5, 0.6) is 0 Å². The maximum atomic E-state index is 11.4. The lowest BCUT2D eigenvalue weighted by Gasteiger charge is -2.21. The molecule has 0 aliphatic carbocycles. The molecule has 0 saturated carbocycles. The molecule has 0 saturated heterocycles. The Kier molecular flexibility index (Phi) is 5.44. The third-order valence-corrected chi connectivity index (χ3v) is 2.71. The molecule has 0 aliphatic heterocycles. The molecule has 0 aromatic heterocycles. The molecular weight excluding hydrogens is 254 g/mol. The van der Waals surface area contributed by atoms with Crippen molar-refractivity contribution in [3.63, 3.8) is 0 Å². The molecule has 0 aliphatic rings. The molecule has 0 radical (unpaired) electrons. The molecule has 4 nitrogen and oxygen atoms in total. The normalized spacial score (nSPS) is 14.1. The standard InChI is InChI=1S/C13H18ClNO3/c1-8(2)15-13(17)18-9(3)12(16)10-6-4-5-7-11(10)14/h4-9,12,16H,1-3H3,(H,15,17)/t9-,12+/m0/s1. The molecule has 1 amide bonds. The second kappa shape index (κ2) is 6.61. The summed E-state index contributed by atoms with van der Waals surface area (Å²) in [6.45, 7) is 5.28. The van der Waals surface area contributed by atoms with Crippen LogP contribution in [0.3, 0.4) is 0 Å². The molecule has 1 aromatic carbocycles. The number of benzene rings is 1. The first-order valence-electron chi connectivity index (χ1n) is 5.81. The minimum Gasteiger partial charge on any atom is -0.443 e. The molecule has 100 valence electrons. The van der Waals surface area contributed by atoms with E-state index in [1.807, 2.05) is 13.8 Å². The number of rotatable bonds is 4. The number of hydrogen-bond donors (Lipinski definition) is 2. The highest BCUT2D eigenvalue weighted by Crippen LogP contribution is 2.26. The Hall–Kier alpha value is -1.26. The van der Waals surface area contributed by atoms with Gasteiger partial charge in [0.2, 0.25) is 0 Å². The van der Waals surface area contributed by atoms with Crippen LogP contribution in [0.1, 0.15) is 32.4 Å². The van der Waals surface area contributed by atoms with Gasteiger partial charge in [0, 0.05) is 16.6 Å². The highest BCUT2D eigenvalue weighted by molar-refractivity contribution is 6.31. The van der Waals surface area contributed by atoms with E-state index in [0.717, 1.165) is 0 Å². The molecule has 1 aromatic rings. The minimum absolute atomic E-state index is 0.0119. The lowest BCUT2D eigenvalue weighted by Crippen LogP contribution is -2.34. The van der Waals surface area contributed by atoms with Gasteiger partial charge in [-0.15, -0.1) is 0 Å². The number of carbonyl (C=O) groups is 1. The molecule has 0 bridgehead atoms. The monoisotopic (exact) mass is 271 g/mol. The molecular formula is C13H18ClNO3. The number of alkyl carbamates (subject to hydrolysis) is 1.